The topological polar surface area (TPSA) is 32.3 Å². The van der Waals surface area contributed by atoms with Gasteiger partial charge in [-0.25, -0.2) is 0 Å². The van der Waals surface area contributed by atoms with Crippen LogP contribution in [0.2, 0.25) is 0 Å². The molecule has 0 unspecified atom stereocenters. The fraction of sp³-hybridized carbons (Fsp3) is 0.609. The third-order valence-electron chi connectivity index (χ3n) is 3.13. The smallest absolute Gasteiger partial charge is 0.0319 e. The highest BCUT2D eigenvalue weighted by Gasteiger charge is 1.95. The van der Waals surface area contributed by atoms with E-state index in [0.29, 0.717) is 0 Å². The standard InChI is InChI=1S/C16H27N.C3H8.C3H4.CH4O/c1-3-5-7-8-15-9-11-16(12-10-15)14-17-13-6-4-2;2*1-3-2;1-2/h9-12,17H,3-8,13-14H2,1-2H3;3H2,1-2H3;1-2H2;2H,1H3. The molecule has 0 bridgehead atoms. The van der Waals surface area contributed by atoms with Gasteiger partial charge in [0.25, 0.3) is 0 Å². The van der Waals surface area contributed by atoms with Crippen molar-refractivity contribution < 1.29 is 5.11 Å². The van der Waals surface area contributed by atoms with Crippen LogP contribution in [-0.2, 0) is 13.0 Å². The number of hydrogen-bond donors (Lipinski definition) is 2. The molecule has 1 aromatic carbocycles. The van der Waals surface area contributed by atoms with Crippen LogP contribution in [0.3, 0.4) is 0 Å². The van der Waals surface area contributed by atoms with E-state index in [1.807, 2.05) is 0 Å². The first-order valence-electron chi connectivity index (χ1n) is 9.72. The molecule has 0 heterocycles. The van der Waals surface area contributed by atoms with Gasteiger partial charge in [0, 0.05) is 13.7 Å². The lowest BCUT2D eigenvalue weighted by atomic mass is 10.1. The van der Waals surface area contributed by atoms with Crippen molar-refractivity contribution in [1.29, 1.82) is 0 Å². The summed E-state index contributed by atoms with van der Waals surface area (Å²) in [6.45, 7) is 17.1. The lowest BCUT2D eigenvalue weighted by molar-refractivity contribution is 0.399. The Morgan fingerprint density at radius 3 is 1.72 bits per heavy atom. The molecule has 25 heavy (non-hydrogen) atoms. The van der Waals surface area contributed by atoms with Crippen LogP contribution >= 0.6 is 0 Å². The Balaban J connectivity index is -0.000000517. The van der Waals surface area contributed by atoms with Crippen LogP contribution in [0.5, 0.6) is 0 Å². The fourth-order valence-corrected chi connectivity index (χ4v) is 1.94. The second-order valence-corrected chi connectivity index (χ2v) is 5.76. The van der Waals surface area contributed by atoms with Gasteiger partial charge in [0.05, 0.1) is 0 Å². The zero-order valence-corrected chi connectivity index (χ0v) is 17.5. The predicted octanol–water partition coefficient (Wildman–Crippen LogP) is 6.29. The second kappa shape index (κ2) is 27.5. The predicted molar refractivity (Wildman–Crippen MR) is 115 cm³/mol. The van der Waals surface area contributed by atoms with Crippen molar-refractivity contribution in [3.8, 4) is 0 Å². The van der Waals surface area contributed by atoms with E-state index in [0.717, 1.165) is 20.2 Å². The summed E-state index contributed by atoms with van der Waals surface area (Å²) in [5.74, 6) is 0. The van der Waals surface area contributed by atoms with E-state index < -0.39 is 0 Å². The summed E-state index contributed by atoms with van der Waals surface area (Å²) in [5.41, 5.74) is 5.14. The minimum atomic E-state index is 1.00. The van der Waals surface area contributed by atoms with E-state index >= 15 is 0 Å². The van der Waals surface area contributed by atoms with Gasteiger partial charge in [-0.3, -0.25) is 0 Å². The van der Waals surface area contributed by atoms with Gasteiger partial charge in [-0.15, -0.1) is 5.73 Å². The van der Waals surface area contributed by atoms with Crippen molar-refractivity contribution in [1.82, 2.24) is 5.32 Å². The summed E-state index contributed by atoms with van der Waals surface area (Å²) in [7, 11) is 1.00. The van der Waals surface area contributed by atoms with Crippen molar-refractivity contribution in [3.63, 3.8) is 0 Å². The Kier molecular flexibility index (Phi) is 31.3. The lowest BCUT2D eigenvalue weighted by Gasteiger charge is -2.05. The molecule has 0 spiro atoms. The molecule has 2 heteroatoms. The third kappa shape index (κ3) is 25.0. The highest BCUT2D eigenvalue weighted by atomic mass is 16.2. The summed E-state index contributed by atoms with van der Waals surface area (Å²) in [6, 6.07) is 9.10. The highest BCUT2D eigenvalue weighted by molar-refractivity contribution is 5.22. The minimum Gasteiger partial charge on any atom is -0.400 e. The van der Waals surface area contributed by atoms with Gasteiger partial charge in [0.15, 0.2) is 0 Å². The molecule has 146 valence electrons. The maximum Gasteiger partial charge on any atom is 0.0319 e. The van der Waals surface area contributed by atoms with Gasteiger partial charge < -0.3 is 10.4 Å². The molecule has 0 saturated heterocycles. The van der Waals surface area contributed by atoms with Crippen molar-refractivity contribution in [3.05, 3.63) is 54.3 Å². The molecule has 1 rings (SSSR count). The van der Waals surface area contributed by atoms with Crippen LogP contribution in [0.4, 0.5) is 0 Å². The molecular formula is C23H43NO. The van der Waals surface area contributed by atoms with Crippen LogP contribution in [0.1, 0.15) is 77.3 Å². The number of unbranched alkanes of at least 4 members (excludes halogenated alkanes) is 3. The van der Waals surface area contributed by atoms with E-state index in [2.05, 4.69) is 76.2 Å². The van der Waals surface area contributed by atoms with Crippen LogP contribution in [0.15, 0.2) is 43.2 Å². The molecule has 2 nitrogen and oxygen atoms in total. The molecule has 0 aliphatic carbocycles. The summed E-state index contributed by atoms with van der Waals surface area (Å²) in [6.07, 6.45) is 9.00. The maximum atomic E-state index is 7.00. The third-order valence-corrected chi connectivity index (χ3v) is 3.13. The molecule has 0 aliphatic rings. The Hall–Kier alpha value is -1.34. The molecule has 0 aromatic heterocycles. The van der Waals surface area contributed by atoms with Gasteiger partial charge in [0.2, 0.25) is 0 Å². The number of aliphatic hydroxyl groups is 1. The monoisotopic (exact) mass is 349 g/mol. The van der Waals surface area contributed by atoms with E-state index in [1.165, 1.54) is 56.1 Å². The van der Waals surface area contributed by atoms with E-state index in [4.69, 9.17) is 5.11 Å². The number of rotatable bonds is 9. The van der Waals surface area contributed by atoms with Gasteiger partial charge in [0.1, 0.15) is 0 Å². The number of nitrogens with one attached hydrogen (secondary N) is 1. The first-order valence-corrected chi connectivity index (χ1v) is 9.72. The SMILES string of the molecule is C=C=C.CCC.CCCCCc1ccc(CNCCCC)cc1.CO. The molecular weight excluding hydrogens is 306 g/mol. The van der Waals surface area contributed by atoms with Crippen LogP contribution in [-0.4, -0.2) is 18.8 Å². The van der Waals surface area contributed by atoms with Crippen molar-refractivity contribution >= 4 is 0 Å². The van der Waals surface area contributed by atoms with Gasteiger partial charge in [-0.2, -0.15) is 0 Å². The van der Waals surface area contributed by atoms with Gasteiger partial charge >= 0.3 is 0 Å². The van der Waals surface area contributed by atoms with Crippen molar-refractivity contribution in [2.24, 2.45) is 0 Å². The molecule has 0 radical (unpaired) electrons. The molecule has 0 aliphatic heterocycles. The van der Waals surface area contributed by atoms with E-state index in [-0.39, 0.29) is 0 Å². The van der Waals surface area contributed by atoms with E-state index in [1.54, 1.807) is 0 Å². The summed E-state index contributed by atoms with van der Waals surface area (Å²) < 4.78 is 0. The van der Waals surface area contributed by atoms with Gasteiger partial charge in [-0.05, 0) is 36.9 Å². The largest absolute Gasteiger partial charge is 0.400 e. The van der Waals surface area contributed by atoms with Crippen molar-refractivity contribution in [2.45, 2.75) is 79.2 Å². The average Bonchev–Trinajstić information content (AvgIpc) is 2.63. The van der Waals surface area contributed by atoms with Crippen LogP contribution in [0.25, 0.3) is 0 Å². The van der Waals surface area contributed by atoms with Crippen molar-refractivity contribution in [2.75, 3.05) is 13.7 Å². The summed E-state index contributed by atoms with van der Waals surface area (Å²) >= 11 is 0. The summed E-state index contributed by atoms with van der Waals surface area (Å²) in [4.78, 5) is 0. The van der Waals surface area contributed by atoms with Crippen LogP contribution < -0.4 is 5.32 Å². The zero-order valence-electron chi connectivity index (χ0n) is 17.5. The molecule has 2 N–H and O–H groups in total. The number of aliphatic hydroxyl groups excluding tert-OH is 1. The van der Waals surface area contributed by atoms with Gasteiger partial charge in [-0.1, -0.05) is 90.8 Å². The first-order chi connectivity index (χ1) is 12.2. The fourth-order valence-electron chi connectivity index (χ4n) is 1.94. The maximum absolute atomic E-state index is 7.00. The van der Waals surface area contributed by atoms with Crippen LogP contribution in [0, 0.1) is 0 Å². The number of aryl methyl sites for hydroxylation is 1. The second-order valence-electron chi connectivity index (χ2n) is 5.76. The Bertz CT molecular complexity index is 364. The Morgan fingerprint density at radius 1 is 0.840 bits per heavy atom. The zero-order chi connectivity index (χ0) is 19.8. The molecule has 0 fully saturated rings. The normalized spacial score (nSPS) is 8.56. The average molecular weight is 350 g/mol. The molecule has 0 saturated carbocycles. The minimum absolute atomic E-state index is 1.00. The summed E-state index contributed by atoms with van der Waals surface area (Å²) in [5, 5.41) is 10.5. The molecule has 0 amide bonds. The number of benzene rings is 1. The Labute approximate surface area is 158 Å². The lowest BCUT2D eigenvalue weighted by Crippen LogP contribution is -2.14. The number of hydrogen-bond acceptors (Lipinski definition) is 2. The molecule has 0 atom stereocenters. The van der Waals surface area contributed by atoms with E-state index in [9.17, 15) is 0 Å². The molecule has 1 aromatic rings. The highest BCUT2D eigenvalue weighted by Crippen LogP contribution is 2.08. The quantitative estimate of drug-likeness (QED) is 0.405. The first kappa shape index (κ1) is 28.5. The Morgan fingerprint density at radius 2 is 1.28 bits per heavy atom.